The van der Waals surface area contributed by atoms with Crippen LogP contribution in [0.3, 0.4) is 0 Å². The lowest BCUT2D eigenvalue weighted by atomic mass is 10.1. The van der Waals surface area contributed by atoms with Crippen molar-refractivity contribution in [2.75, 3.05) is 0 Å². The predicted molar refractivity (Wildman–Crippen MR) is 80.2 cm³/mol. The molecule has 21 heavy (non-hydrogen) atoms. The minimum atomic E-state index is -0.917. The van der Waals surface area contributed by atoms with E-state index in [1.165, 1.54) is 0 Å². The molecule has 0 radical (unpaired) electrons. The van der Waals surface area contributed by atoms with E-state index in [4.69, 9.17) is 5.11 Å². The number of aromatic nitrogens is 1. The van der Waals surface area contributed by atoms with Crippen molar-refractivity contribution in [2.45, 2.75) is 32.2 Å². The second kappa shape index (κ2) is 6.83. The Morgan fingerprint density at radius 2 is 2.05 bits per heavy atom. The fourth-order valence-corrected chi connectivity index (χ4v) is 2.34. The van der Waals surface area contributed by atoms with E-state index in [1.54, 1.807) is 6.20 Å². The number of benzene rings is 1. The number of pyridine rings is 1. The van der Waals surface area contributed by atoms with Gasteiger partial charge in [-0.3, -0.25) is 14.6 Å². The molecule has 1 atom stereocenters. The first-order chi connectivity index (χ1) is 10.1. The summed E-state index contributed by atoms with van der Waals surface area (Å²) < 4.78 is 0. The van der Waals surface area contributed by atoms with E-state index in [9.17, 15) is 9.59 Å². The first-order valence-electron chi connectivity index (χ1n) is 6.98. The van der Waals surface area contributed by atoms with Gasteiger partial charge in [-0.05, 0) is 17.9 Å². The van der Waals surface area contributed by atoms with Crippen molar-refractivity contribution in [1.82, 2.24) is 10.3 Å². The smallest absolute Gasteiger partial charge is 0.305 e. The predicted octanol–water partition coefficient (Wildman–Crippen LogP) is 2.61. The Morgan fingerprint density at radius 3 is 2.76 bits per heavy atom. The number of nitrogens with one attached hydrogen (secondary N) is 1. The quantitative estimate of drug-likeness (QED) is 0.855. The number of carboxylic acid groups (broad SMARTS) is 1. The lowest BCUT2D eigenvalue weighted by Crippen LogP contribution is -2.36. The van der Waals surface area contributed by atoms with E-state index in [0.717, 1.165) is 17.2 Å². The van der Waals surface area contributed by atoms with Gasteiger partial charge in [-0.1, -0.05) is 37.6 Å². The van der Waals surface area contributed by atoms with Crippen molar-refractivity contribution in [2.24, 2.45) is 0 Å². The van der Waals surface area contributed by atoms with Crippen LogP contribution in [0.4, 0.5) is 0 Å². The van der Waals surface area contributed by atoms with Crippen molar-refractivity contribution in [3.8, 4) is 0 Å². The molecule has 0 aliphatic heterocycles. The van der Waals surface area contributed by atoms with Crippen molar-refractivity contribution in [3.05, 3.63) is 42.2 Å². The van der Waals surface area contributed by atoms with Gasteiger partial charge in [0.05, 0.1) is 6.42 Å². The third-order valence-corrected chi connectivity index (χ3v) is 3.28. The second-order valence-corrected chi connectivity index (χ2v) is 4.94. The van der Waals surface area contributed by atoms with Gasteiger partial charge in [0, 0.05) is 17.6 Å². The zero-order chi connectivity index (χ0) is 15.2. The Labute approximate surface area is 123 Å². The Morgan fingerprint density at radius 1 is 1.29 bits per heavy atom. The molecule has 5 nitrogen and oxygen atoms in total. The number of carbonyl (C=O) groups is 2. The maximum absolute atomic E-state index is 12.4. The number of carboxylic acids is 1. The van der Waals surface area contributed by atoms with Gasteiger partial charge in [-0.25, -0.2) is 0 Å². The van der Waals surface area contributed by atoms with Gasteiger partial charge >= 0.3 is 5.97 Å². The van der Waals surface area contributed by atoms with Gasteiger partial charge in [0.25, 0.3) is 5.91 Å². The monoisotopic (exact) mass is 286 g/mol. The molecule has 5 heteroatoms. The molecule has 0 aliphatic rings. The first-order valence-corrected chi connectivity index (χ1v) is 6.98. The third kappa shape index (κ3) is 3.78. The maximum Gasteiger partial charge on any atom is 0.305 e. The molecule has 1 unspecified atom stereocenters. The molecule has 2 rings (SSSR count). The van der Waals surface area contributed by atoms with E-state index in [-0.39, 0.29) is 18.4 Å². The molecule has 1 aromatic heterocycles. The maximum atomic E-state index is 12.4. The lowest BCUT2D eigenvalue weighted by molar-refractivity contribution is -0.137. The summed E-state index contributed by atoms with van der Waals surface area (Å²) in [5.41, 5.74) is 0.333. The minimum Gasteiger partial charge on any atom is -0.481 e. The Bertz CT molecular complexity index is 650. The molecule has 1 amide bonds. The van der Waals surface area contributed by atoms with Gasteiger partial charge in [-0.2, -0.15) is 0 Å². The highest BCUT2D eigenvalue weighted by atomic mass is 16.4. The summed E-state index contributed by atoms with van der Waals surface area (Å²) in [6.45, 7) is 1.96. The van der Waals surface area contributed by atoms with Crippen LogP contribution in [0, 0.1) is 0 Å². The zero-order valence-electron chi connectivity index (χ0n) is 11.9. The number of aliphatic carboxylic acids is 1. The first kappa shape index (κ1) is 15.0. The Balaban J connectivity index is 2.23. The standard InChI is InChI=1S/C16H18N2O3/c1-2-5-12(10-14(19)20)18-16(21)15-13-7-4-3-6-11(13)8-9-17-15/h3-4,6-9,12H,2,5,10H2,1H3,(H,18,21)(H,19,20). The molecular formula is C16H18N2O3. The minimum absolute atomic E-state index is 0.0790. The summed E-state index contributed by atoms with van der Waals surface area (Å²) >= 11 is 0. The molecule has 0 aliphatic carbocycles. The zero-order valence-corrected chi connectivity index (χ0v) is 11.9. The molecule has 2 aromatic rings. The van der Waals surface area contributed by atoms with Crippen molar-refractivity contribution >= 4 is 22.6 Å². The van der Waals surface area contributed by atoms with Gasteiger partial charge in [0.1, 0.15) is 5.69 Å². The number of nitrogens with zero attached hydrogens (tertiary/aromatic N) is 1. The average Bonchev–Trinajstić information content (AvgIpc) is 2.46. The lowest BCUT2D eigenvalue weighted by Gasteiger charge is -2.16. The summed E-state index contributed by atoms with van der Waals surface area (Å²) in [5.74, 6) is -1.24. The van der Waals surface area contributed by atoms with Crippen molar-refractivity contribution < 1.29 is 14.7 Å². The van der Waals surface area contributed by atoms with E-state index < -0.39 is 5.97 Å². The summed E-state index contributed by atoms with van der Waals surface area (Å²) in [6.07, 6.45) is 2.94. The molecular weight excluding hydrogens is 268 g/mol. The van der Waals surface area contributed by atoms with E-state index in [1.807, 2.05) is 37.3 Å². The van der Waals surface area contributed by atoms with Crippen LogP contribution in [0.2, 0.25) is 0 Å². The van der Waals surface area contributed by atoms with E-state index >= 15 is 0 Å². The second-order valence-electron chi connectivity index (χ2n) is 4.94. The van der Waals surface area contributed by atoms with E-state index in [0.29, 0.717) is 12.1 Å². The normalized spacial score (nSPS) is 12.0. The van der Waals surface area contributed by atoms with Crippen LogP contribution in [0.5, 0.6) is 0 Å². The van der Waals surface area contributed by atoms with Crippen LogP contribution < -0.4 is 5.32 Å². The summed E-state index contributed by atoms with van der Waals surface area (Å²) in [5, 5.41) is 13.4. The molecule has 2 N–H and O–H groups in total. The topological polar surface area (TPSA) is 79.3 Å². The highest BCUT2D eigenvalue weighted by Gasteiger charge is 2.18. The van der Waals surface area contributed by atoms with Crippen LogP contribution in [-0.2, 0) is 4.79 Å². The molecule has 0 saturated carbocycles. The van der Waals surface area contributed by atoms with Crippen LogP contribution in [-0.4, -0.2) is 28.0 Å². The fraction of sp³-hybridized carbons (Fsp3) is 0.312. The van der Waals surface area contributed by atoms with Gasteiger partial charge < -0.3 is 10.4 Å². The molecule has 0 saturated heterocycles. The average molecular weight is 286 g/mol. The Hall–Kier alpha value is -2.43. The molecule has 0 bridgehead atoms. The fourth-order valence-electron chi connectivity index (χ4n) is 2.34. The van der Waals surface area contributed by atoms with Gasteiger partial charge in [0.15, 0.2) is 0 Å². The molecule has 1 heterocycles. The summed E-state index contributed by atoms with van der Waals surface area (Å²) in [7, 11) is 0. The van der Waals surface area contributed by atoms with Crippen molar-refractivity contribution in [1.29, 1.82) is 0 Å². The van der Waals surface area contributed by atoms with Crippen LogP contribution in [0.25, 0.3) is 10.8 Å². The Kier molecular flexibility index (Phi) is 4.87. The number of rotatable bonds is 6. The van der Waals surface area contributed by atoms with Crippen LogP contribution >= 0.6 is 0 Å². The number of hydrogen-bond donors (Lipinski definition) is 2. The van der Waals surface area contributed by atoms with Crippen LogP contribution in [0.15, 0.2) is 36.5 Å². The number of carbonyl (C=O) groups excluding carboxylic acids is 1. The summed E-state index contributed by atoms with van der Waals surface area (Å²) in [6, 6.07) is 8.96. The largest absolute Gasteiger partial charge is 0.481 e. The van der Waals surface area contributed by atoms with Gasteiger partial charge in [-0.15, -0.1) is 0 Å². The number of fused-ring (bicyclic) bond motifs is 1. The third-order valence-electron chi connectivity index (χ3n) is 3.28. The molecule has 1 aromatic carbocycles. The van der Waals surface area contributed by atoms with E-state index in [2.05, 4.69) is 10.3 Å². The number of amides is 1. The molecule has 0 spiro atoms. The SMILES string of the molecule is CCCC(CC(=O)O)NC(=O)c1nccc2ccccc12. The summed E-state index contributed by atoms with van der Waals surface area (Å²) in [4.78, 5) is 27.3. The number of hydrogen-bond acceptors (Lipinski definition) is 3. The molecule has 110 valence electrons. The molecule has 0 fully saturated rings. The highest BCUT2D eigenvalue weighted by Crippen LogP contribution is 2.16. The van der Waals surface area contributed by atoms with Crippen molar-refractivity contribution in [3.63, 3.8) is 0 Å². The highest BCUT2D eigenvalue weighted by molar-refractivity contribution is 6.05. The van der Waals surface area contributed by atoms with Gasteiger partial charge in [0.2, 0.25) is 0 Å². The van der Waals surface area contributed by atoms with Crippen LogP contribution in [0.1, 0.15) is 36.7 Å².